The summed E-state index contributed by atoms with van der Waals surface area (Å²) in [7, 11) is 2.21. The molecule has 0 amide bonds. The highest BCUT2D eigenvalue weighted by molar-refractivity contribution is 5.27. The van der Waals surface area contributed by atoms with Crippen LogP contribution in [0.15, 0.2) is 0 Å². The Morgan fingerprint density at radius 2 is 0.794 bits per heavy atom. The van der Waals surface area contributed by atoms with Crippen LogP contribution in [0.25, 0.3) is 0 Å². The van der Waals surface area contributed by atoms with Crippen molar-refractivity contribution in [2.45, 2.75) is 181 Å². The van der Waals surface area contributed by atoms with Gasteiger partial charge in [0.05, 0.1) is 5.69 Å². The second kappa shape index (κ2) is 22.7. The van der Waals surface area contributed by atoms with Crippen molar-refractivity contribution in [2.75, 3.05) is 0 Å². The van der Waals surface area contributed by atoms with Gasteiger partial charge in [0, 0.05) is 12.7 Å². The number of hydrogen-bond donors (Lipinski definition) is 0. The molecule has 0 N–H and O–H groups in total. The van der Waals surface area contributed by atoms with Gasteiger partial charge in [-0.25, -0.2) is 0 Å². The molecule has 0 aliphatic rings. The average molecular weight is 475 g/mol. The average Bonchev–Trinajstić information content (AvgIpc) is 3.13. The fourth-order valence-electron chi connectivity index (χ4n) is 5.40. The highest BCUT2D eigenvalue weighted by Gasteiger charge is 2.15. The van der Waals surface area contributed by atoms with Gasteiger partial charge in [0.15, 0.2) is 0 Å². The quantitative estimate of drug-likeness (QED) is 0.129. The zero-order valence-electron chi connectivity index (χ0n) is 24.1. The fourth-order valence-corrected chi connectivity index (χ4v) is 5.40. The van der Waals surface area contributed by atoms with Crippen molar-refractivity contribution in [2.24, 2.45) is 7.05 Å². The lowest BCUT2D eigenvalue weighted by atomic mass is 9.97. The first-order chi connectivity index (χ1) is 16.7. The van der Waals surface area contributed by atoms with Gasteiger partial charge in [0.25, 0.3) is 0 Å². The van der Waals surface area contributed by atoms with E-state index < -0.39 is 0 Å². The maximum absolute atomic E-state index is 5.06. The number of aromatic nitrogens is 2. The fraction of sp³-hybridized carbons (Fsp3) is 0.906. The predicted molar refractivity (Wildman–Crippen MR) is 153 cm³/mol. The van der Waals surface area contributed by atoms with Gasteiger partial charge in [-0.2, -0.15) is 5.10 Å². The Morgan fingerprint density at radius 1 is 0.441 bits per heavy atom. The van der Waals surface area contributed by atoms with Gasteiger partial charge in [-0.15, -0.1) is 0 Å². The van der Waals surface area contributed by atoms with Gasteiger partial charge in [-0.1, -0.05) is 143 Å². The van der Waals surface area contributed by atoms with Crippen LogP contribution in [-0.4, -0.2) is 9.78 Å². The van der Waals surface area contributed by atoms with E-state index in [1.807, 2.05) is 0 Å². The van der Waals surface area contributed by atoms with Gasteiger partial charge in [-0.05, 0) is 44.1 Å². The molecule has 0 unspecified atom stereocenters. The van der Waals surface area contributed by atoms with Crippen LogP contribution in [0.5, 0.6) is 0 Å². The third kappa shape index (κ3) is 15.3. The molecule has 1 rings (SSSR count). The second-order valence-electron chi connectivity index (χ2n) is 11.0. The minimum Gasteiger partial charge on any atom is -0.272 e. The van der Waals surface area contributed by atoms with E-state index in [0.717, 1.165) is 0 Å². The maximum Gasteiger partial charge on any atom is 0.0659 e. The normalized spacial score (nSPS) is 11.5. The molecular weight excluding hydrogens is 412 g/mol. The monoisotopic (exact) mass is 474 g/mol. The van der Waals surface area contributed by atoms with Crippen molar-refractivity contribution in [3.05, 3.63) is 17.0 Å². The largest absolute Gasteiger partial charge is 0.272 e. The summed E-state index contributed by atoms with van der Waals surface area (Å²) in [6.07, 6.45) is 34.4. The van der Waals surface area contributed by atoms with Crippen LogP contribution >= 0.6 is 0 Å². The Balaban J connectivity index is 2.45. The molecule has 0 saturated heterocycles. The summed E-state index contributed by atoms with van der Waals surface area (Å²) in [5.74, 6) is 0. The third-order valence-corrected chi connectivity index (χ3v) is 7.67. The SMILES string of the molecule is CCCCCCCCCCCc1c(CCCCCCC)c(CCCCCCCCCC)nn1C. The molecule has 0 bridgehead atoms. The molecule has 1 aromatic heterocycles. The van der Waals surface area contributed by atoms with Crippen LogP contribution in [0.3, 0.4) is 0 Å². The molecule has 2 nitrogen and oxygen atoms in total. The predicted octanol–water partition coefficient (Wildman–Crippen LogP) is 10.7. The molecule has 34 heavy (non-hydrogen) atoms. The van der Waals surface area contributed by atoms with Crippen LogP contribution in [0.4, 0.5) is 0 Å². The van der Waals surface area contributed by atoms with E-state index in [9.17, 15) is 0 Å². The van der Waals surface area contributed by atoms with Gasteiger partial charge in [0.1, 0.15) is 0 Å². The molecule has 0 radical (unpaired) electrons. The number of aryl methyl sites for hydroxylation is 2. The number of rotatable bonds is 25. The Hall–Kier alpha value is -0.790. The summed E-state index contributed by atoms with van der Waals surface area (Å²) in [6.45, 7) is 6.92. The molecule has 200 valence electrons. The summed E-state index contributed by atoms with van der Waals surface area (Å²) >= 11 is 0. The second-order valence-corrected chi connectivity index (χ2v) is 11.0. The van der Waals surface area contributed by atoms with Crippen LogP contribution in [0, 0.1) is 0 Å². The maximum atomic E-state index is 5.06. The topological polar surface area (TPSA) is 17.8 Å². The lowest BCUT2D eigenvalue weighted by Crippen LogP contribution is -2.01. The Labute approximate surface area is 215 Å². The smallest absolute Gasteiger partial charge is 0.0659 e. The van der Waals surface area contributed by atoms with E-state index >= 15 is 0 Å². The molecule has 0 spiro atoms. The van der Waals surface area contributed by atoms with Crippen molar-refractivity contribution in [3.63, 3.8) is 0 Å². The van der Waals surface area contributed by atoms with Crippen molar-refractivity contribution in [1.29, 1.82) is 0 Å². The van der Waals surface area contributed by atoms with E-state index in [-0.39, 0.29) is 0 Å². The van der Waals surface area contributed by atoms with Gasteiger partial charge >= 0.3 is 0 Å². The van der Waals surface area contributed by atoms with Crippen LogP contribution in [0.1, 0.15) is 179 Å². The van der Waals surface area contributed by atoms with Crippen molar-refractivity contribution in [3.8, 4) is 0 Å². The summed E-state index contributed by atoms with van der Waals surface area (Å²) < 4.78 is 2.26. The van der Waals surface area contributed by atoms with Gasteiger partial charge in [-0.3, -0.25) is 4.68 Å². The Bertz CT molecular complexity index is 560. The highest BCUT2D eigenvalue weighted by Crippen LogP contribution is 2.23. The van der Waals surface area contributed by atoms with Crippen molar-refractivity contribution >= 4 is 0 Å². The molecule has 2 heteroatoms. The molecule has 0 fully saturated rings. The van der Waals surface area contributed by atoms with E-state index in [4.69, 9.17) is 5.10 Å². The van der Waals surface area contributed by atoms with Crippen LogP contribution in [0.2, 0.25) is 0 Å². The summed E-state index contributed by atoms with van der Waals surface area (Å²) in [5, 5.41) is 5.06. The molecular formula is C32H62N2. The number of unbranched alkanes of at least 4 members (excludes halogenated alkanes) is 19. The van der Waals surface area contributed by atoms with E-state index in [1.54, 1.807) is 11.3 Å². The van der Waals surface area contributed by atoms with Gasteiger partial charge < -0.3 is 0 Å². The zero-order chi connectivity index (χ0) is 24.7. The molecule has 0 aliphatic heterocycles. The van der Waals surface area contributed by atoms with E-state index in [1.165, 1.54) is 166 Å². The Morgan fingerprint density at radius 3 is 1.24 bits per heavy atom. The number of hydrogen-bond acceptors (Lipinski definition) is 1. The van der Waals surface area contributed by atoms with Crippen LogP contribution < -0.4 is 0 Å². The van der Waals surface area contributed by atoms with Gasteiger partial charge in [0.2, 0.25) is 0 Å². The first-order valence-corrected chi connectivity index (χ1v) is 15.8. The molecule has 1 heterocycles. The van der Waals surface area contributed by atoms with E-state index in [0.29, 0.717) is 0 Å². The zero-order valence-corrected chi connectivity index (χ0v) is 24.1. The Kier molecular flexibility index (Phi) is 20.8. The molecule has 0 saturated carbocycles. The molecule has 0 aromatic carbocycles. The summed E-state index contributed by atoms with van der Waals surface area (Å²) in [6, 6.07) is 0. The van der Waals surface area contributed by atoms with Crippen molar-refractivity contribution < 1.29 is 0 Å². The van der Waals surface area contributed by atoms with E-state index in [2.05, 4.69) is 32.5 Å². The first-order valence-electron chi connectivity index (χ1n) is 15.8. The molecule has 0 aliphatic carbocycles. The molecule has 1 aromatic rings. The minimum atomic E-state index is 1.20. The highest BCUT2D eigenvalue weighted by atomic mass is 15.3. The summed E-state index contributed by atoms with van der Waals surface area (Å²) in [4.78, 5) is 0. The lowest BCUT2D eigenvalue weighted by Gasteiger charge is -2.09. The third-order valence-electron chi connectivity index (χ3n) is 7.67. The lowest BCUT2D eigenvalue weighted by molar-refractivity contribution is 0.558. The van der Waals surface area contributed by atoms with Crippen molar-refractivity contribution in [1.82, 2.24) is 9.78 Å². The standard InChI is InChI=1S/C32H62N2/c1-5-8-11-14-16-18-20-23-26-29-32-30(27-24-21-13-10-7-3)31(33-34(32)4)28-25-22-19-17-15-12-9-6-2/h5-29H2,1-4H3. The summed E-state index contributed by atoms with van der Waals surface area (Å²) in [5.41, 5.74) is 4.64. The molecule has 0 atom stereocenters. The first kappa shape index (κ1) is 31.2. The minimum absolute atomic E-state index is 1.20. The van der Waals surface area contributed by atoms with Crippen LogP contribution in [-0.2, 0) is 26.3 Å². The number of nitrogens with zero attached hydrogens (tertiary/aromatic N) is 2.